The highest BCUT2D eigenvalue weighted by molar-refractivity contribution is 6.40. The molecule has 2 saturated carbocycles. The van der Waals surface area contributed by atoms with Gasteiger partial charge in [0.1, 0.15) is 82.8 Å². The summed E-state index contributed by atoms with van der Waals surface area (Å²) in [6.07, 6.45) is 4.58. The van der Waals surface area contributed by atoms with Gasteiger partial charge in [-0.3, -0.25) is 24.2 Å². The van der Waals surface area contributed by atoms with E-state index in [0.29, 0.717) is 97.9 Å². The number of β-amino-alcohol motifs (C(OH)–C–C–N with tert-alkyl or cyclic N) is 1. The Balaban J connectivity index is 0.000000238. The van der Waals surface area contributed by atoms with Crippen molar-refractivity contribution in [2.24, 2.45) is 29.1 Å². The van der Waals surface area contributed by atoms with Crippen LogP contribution in [0.5, 0.6) is 40.6 Å². The van der Waals surface area contributed by atoms with Gasteiger partial charge in [0, 0.05) is 56.5 Å². The van der Waals surface area contributed by atoms with Gasteiger partial charge in [0.15, 0.2) is 25.8 Å². The monoisotopic (exact) mass is 1960 g/mol. The Morgan fingerprint density at radius 1 is 0.477 bits per heavy atom. The van der Waals surface area contributed by atoms with Gasteiger partial charge in [-0.05, 0) is 145 Å². The average Bonchev–Trinajstić information content (AvgIpc) is 1.60. The summed E-state index contributed by atoms with van der Waals surface area (Å²) in [5.74, 6) is 1.33. The van der Waals surface area contributed by atoms with E-state index in [1.165, 1.54) is 49.6 Å². The first kappa shape index (κ1) is 109. The molecule has 3 amide bonds. The Bertz CT molecular complexity index is 5380. The summed E-state index contributed by atoms with van der Waals surface area (Å²) in [6, 6.07) is 18.2. The summed E-state index contributed by atoms with van der Waals surface area (Å²) >= 11 is 30.3. The highest BCUT2D eigenvalue weighted by Gasteiger charge is 2.55. The number of allylic oxidation sites excluding steroid dienone is 1. The molecule has 4 aromatic carbocycles. The Hall–Kier alpha value is -10.4. The van der Waals surface area contributed by atoms with Gasteiger partial charge in [-0.15, -0.1) is 19.0 Å². The number of halogens is 6. The molecule has 35 nitrogen and oxygen atoms in total. The van der Waals surface area contributed by atoms with Crippen LogP contribution in [-0.4, -0.2) is 257 Å². The highest BCUT2D eigenvalue weighted by Crippen LogP contribution is 2.58. The lowest BCUT2D eigenvalue weighted by Gasteiger charge is -2.34. The van der Waals surface area contributed by atoms with Crippen molar-refractivity contribution in [2.75, 3.05) is 83.1 Å². The number of likely N-dealkylation sites (tertiary alicyclic amines) is 3. The lowest BCUT2D eigenvalue weighted by Crippen LogP contribution is -2.48. The van der Waals surface area contributed by atoms with E-state index in [2.05, 4.69) is 56.5 Å². The fraction of sp³-hybridized carbons (Fsp3) is 0.538. The Morgan fingerprint density at radius 3 is 1.24 bits per heavy atom. The number of fused-ring (bicyclic) bond motifs is 5. The molecular formula is C91H118Cl6N12O23. The van der Waals surface area contributed by atoms with E-state index in [0.717, 1.165) is 25.7 Å². The number of methoxy groups -OCH3 is 8. The van der Waals surface area contributed by atoms with E-state index in [-0.39, 0.29) is 152 Å². The van der Waals surface area contributed by atoms with Crippen molar-refractivity contribution in [3.63, 3.8) is 0 Å². The van der Waals surface area contributed by atoms with E-state index in [4.69, 9.17) is 120 Å². The molecule has 0 spiro atoms. The summed E-state index contributed by atoms with van der Waals surface area (Å²) < 4.78 is 74.4. The minimum atomic E-state index is -0.892. The van der Waals surface area contributed by atoms with E-state index in [1.807, 2.05) is 26.8 Å². The number of rotatable bonds is 22. The number of esters is 5. The first-order valence-corrected chi connectivity index (χ1v) is 43.5. The molecule has 4 aliphatic heterocycles. The second kappa shape index (κ2) is 48.0. The van der Waals surface area contributed by atoms with Crippen molar-refractivity contribution in [1.82, 2.24) is 59.9 Å². The summed E-state index contributed by atoms with van der Waals surface area (Å²) in [5, 5.41) is 13.3. The molecule has 0 unspecified atom stereocenters. The number of aliphatic hydroxyl groups is 1. The van der Waals surface area contributed by atoms with Crippen molar-refractivity contribution in [3.05, 3.63) is 111 Å². The second-order valence-corrected chi connectivity index (χ2v) is 36.1. The normalized spacial score (nSPS) is 21.1. The summed E-state index contributed by atoms with van der Waals surface area (Å²) in [6.45, 7) is 20.9. The zero-order valence-electron chi connectivity index (χ0n) is 75.3. The van der Waals surface area contributed by atoms with Crippen molar-refractivity contribution in [2.45, 2.75) is 207 Å². The minimum Gasteiger partial charge on any atom is -0.497 e. The van der Waals surface area contributed by atoms with Crippen LogP contribution in [0.3, 0.4) is 0 Å². The molecular weight excluding hydrogens is 1840 g/mol. The number of ether oxygens (including phenoxy) is 14. The van der Waals surface area contributed by atoms with Crippen LogP contribution in [0, 0.1) is 29.1 Å². The van der Waals surface area contributed by atoms with Crippen LogP contribution in [0.1, 0.15) is 141 Å². The molecule has 2 aliphatic carbocycles. The van der Waals surface area contributed by atoms with Crippen LogP contribution in [0.25, 0.3) is 44.1 Å². The fourth-order valence-electron chi connectivity index (χ4n) is 15.4. The summed E-state index contributed by atoms with van der Waals surface area (Å²) in [7, 11) is 11.4. The van der Waals surface area contributed by atoms with E-state index in [9.17, 15) is 43.5 Å². The van der Waals surface area contributed by atoms with Crippen molar-refractivity contribution in [1.29, 1.82) is 0 Å². The van der Waals surface area contributed by atoms with Crippen molar-refractivity contribution < 1.29 is 110 Å². The first-order chi connectivity index (χ1) is 61.1. The molecule has 8 heterocycles. The fourth-order valence-corrected chi connectivity index (χ4v) is 16.2. The molecule has 8 aromatic rings. The maximum Gasteiger partial charge on any atom is 0.411 e. The number of aliphatic hydroxyl groups excluding tert-OH is 1. The first-order valence-electron chi connectivity index (χ1n) is 41.6. The molecule has 0 radical (unpaired) electrons. The van der Waals surface area contributed by atoms with Gasteiger partial charge < -0.3 is 81.6 Å². The third-order valence-corrected chi connectivity index (χ3v) is 23.2. The molecule has 132 heavy (non-hydrogen) atoms. The van der Waals surface area contributed by atoms with Crippen LogP contribution < -0.4 is 38.5 Å². The average molecular weight is 1960 g/mol. The van der Waals surface area contributed by atoms with Crippen LogP contribution in [0.4, 0.5) is 9.59 Å². The number of aromatic nitrogens is 8. The number of nitrogens with one attached hydrogen (secondary N) is 1. The predicted molar refractivity (Wildman–Crippen MR) is 498 cm³/mol. The zero-order valence-corrected chi connectivity index (χ0v) is 79.9. The van der Waals surface area contributed by atoms with Crippen LogP contribution >= 0.6 is 70.4 Å². The molecule has 0 bridgehead atoms. The van der Waals surface area contributed by atoms with Gasteiger partial charge >= 0.3 is 42.0 Å². The number of carbonyl (C=O) groups is 8. The quantitative estimate of drug-likeness (QED) is 0.0275. The molecule has 6 aliphatic rings. The van der Waals surface area contributed by atoms with Gasteiger partial charge in [-0.25, -0.2) is 63.8 Å². The molecule has 722 valence electrons. The lowest BCUT2D eigenvalue weighted by atomic mass is 9.77. The molecule has 4 aromatic heterocycles. The Morgan fingerprint density at radius 2 is 0.848 bits per heavy atom. The largest absolute Gasteiger partial charge is 0.497 e. The predicted octanol–water partition coefficient (Wildman–Crippen LogP) is 15.8. The molecule has 6 fully saturated rings. The number of benzene rings is 4. The number of amides is 3. The van der Waals surface area contributed by atoms with Gasteiger partial charge in [-0.2, -0.15) is 0 Å². The maximum absolute atomic E-state index is 14.2. The van der Waals surface area contributed by atoms with Crippen LogP contribution in [0.2, 0.25) is 25.8 Å². The lowest BCUT2D eigenvalue weighted by molar-refractivity contribution is -0.160. The molecule has 2 N–H and O–H groups in total. The summed E-state index contributed by atoms with van der Waals surface area (Å²) in [4.78, 5) is 138. The second-order valence-electron chi connectivity index (χ2n) is 34.3. The van der Waals surface area contributed by atoms with Gasteiger partial charge in [0.2, 0.25) is 5.91 Å². The molecule has 13 atom stereocenters. The number of hydrogen-bond donors (Lipinski definition) is 2. The molecule has 41 heteroatoms. The Kier molecular flexibility index (Phi) is 39.5. The van der Waals surface area contributed by atoms with Gasteiger partial charge in [-0.1, -0.05) is 99.7 Å². The van der Waals surface area contributed by atoms with E-state index < -0.39 is 89.1 Å². The standard InChI is InChI=1S/C34H44ClN3O7.C20H24ClN3O6.C15H16ClN3O4.C11H19NO5.C9H6Cl2N2O.2CH4.ClH/c1-7-8-9-10-22-23-13-19(23)14-28(22)45-29(39)17-24(34(2,3)4)32(40)38-18-21(16-27(38)33(41)43-6)44-31-30(35)36-25-12-11-20(42-5)15-26(25)37-31;1-20(2,3)30-19(26)24-10-12(9-15(24)18(25)28-5)29-17-16(21)22-13-7-6-11(27-4)8-14(13)23-17;1-21-8-3-4-10-11(5-8)19-14(13(16)18-10)23-9-6-12(17-7-9)15(20)22-2;1-11(2,3)17-10(15)12-6-7(13)5-8(12)9(14)16-4;1-14-5-2-3-6-7(4-5)13-9(11)8(10)12-6;;;/h7,11-12,15,19,21-24,27-28H,1,8-10,13-14,16-18H2,2-6H3;6-8,12,15H,9-10H2,1-5H3;3-5,9,12,17H,6-7H2,1-2H3;7-8,13H,5-6H2,1-4H3;2-4H,1H3;2*1H4;1H/t19-,21+,22+,23-,24+,27-,28+;12-,15+;9-,12+;7-,8+;;;;/m0111..../s1. The molecule has 4 saturated heterocycles. The maximum atomic E-state index is 14.2. The highest BCUT2D eigenvalue weighted by atomic mass is 35.5. The van der Waals surface area contributed by atoms with Crippen LogP contribution in [0.15, 0.2) is 85.5 Å². The van der Waals surface area contributed by atoms with Crippen molar-refractivity contribution >= 4 is 162 Å². The number of unbranched alkanes of at least 4 members (excludes halogenated alkanes) is 1. The topological polar surface area (TPSA) is 411 Å². The van der Waals surface area contributed by atoms with Crippen LogP contribution in [-0.2, 0) is 61.9 Å². The van der Waals surface area contributed by atoms with E-state index in [1.54, 1.807) is 143 Å². The zero-order chi connectivity index (χ0) is 94.3. The smallest absolute Gasteiger partial charge is 0.411 e. The summed E-state index contributed by atoms with van der Waals surface area (Å²) in [5.41, 5.74) is 2.94. The number of hydrogen-bond acceptors (Lipinski definition) is 32. The van der Waals surface area contributed by atoms with E-state index >= 15 is 0 Å². The van der Waals surface area contributed by atoms with Gasteiger partial charge in [0.25, 0.3) is 17.6 Å². The van der Waals surface area contributed by atoms with Crippen molar-refractivity contribution in [3.8, 4) is 40.6 Å². The van der Waals surface area contributed by atoms with Gasteiger partial charge in [0.05, 0.1) is 139 Å². The Labute approximate surface area is 798 Å². The third-order valence-electron chi connectivity index (χ3n) is 21.8. The number of nitrogens with zero attached hydrogens (tertiary/aromatic N) is 11. The third kappa shape index (κ3) is 28.8. The number of carbonyl (C=O) groups excluding carboxylic acids is 8. The SMILES string of the molecule is C.C.C=CCCC[C@@H]1[C@H]2C[C@H]2C[C@H]1OC(=O)C[C@H](C(=O)N1C[C@H](Oc2nc3cc(OC)ccc3nc2Cl)C[C@H]1C(=O)OC)C(C)(C)C.COC(=O)[C@@H]1C[C@@H](O)CN1C(=O)OC(C)(C)C.COC(=O)[C@@H]1C[C@@H](Oc2nc3cc(OC)ccc3nc2Cl)CN1.COC(=O)[C@@H]1C[C@@H](Oc2nc3cc(OC)ccc3nc2Cl)CN1C(=O)OC(C)(C)C.COc1ccc2nc(Cl)c(Cl)nc2c1.Cl. The minimum absolute atomic E-state index is 0. The molecule has 14 rings (SSSR count).